The number of rotatable bonds is 7. The van der Waals surface area contributed by atoms with Crippen LogP contribution in [0.25, 0.3) is 0 Å². The van der Waals surface area contributed by atoms with E-state index in [1.165, 1.54) is 0 Å². The molecule has 0 spiro atoms. The average molecular weight is 216 g/mol. The summed E-state index contributed by atoms with van der Waals surface area (Å²) in [6, 6.07) is -0.626. The molecule has 0 aliphatic carbocycles. The van der Waals surface area contributed by atoms with E-state index >= 15 is 0 Å². The Morgan fingerprint density at radius 1 is 1.40 bits per heavy atom. The second-order valence-corrected chi connectivity index (χ2v) is 3.74. The fraction of sp³-hybridized carbons (Fsp3) is 0.800. The maximum Gasteiger partial charge on any atom is 0.303 e. The summed E-state index contributed by atoms with van der Waals surface area (Å²) in [5.41, 5.74) is 5.60. The van der Waals surface area contributed by atoms with Crippen LogP contribution in [0.5, 0.6) is 0 Å². The zero-order valence-electron chi connectivity index (χ0n) is 9.32. The molecule has 0 aromatic carbocycles. The minimum Gasteiger partial charge on any atom is -0.481 e. The third-order valence-corrected chi connectivity index (χ3v) is 2.12. The molecular weight excluding hydrogens is 196 g/mol. The molecule has 4 N–H and O–H groups in total. The molecule has 2 unspecified atom stereocenters. The fourth-order valence-electron chi connectivity index (χ4n) is 1.20. The lowest BCUT2D eigenvalue weighted by Crippen LogP contribution is -2.44. The number of amides is 1. The largest absolute Gasteiger partial charge is 0.481 e. The van der Waals surface area contributed by atoms with Crippen LogP contribution in [0.2, 0.25) is 0 Å². The van der Waals surface area contributed by atoms with Crippen molar-refractivity contribution >= 4 is 11.9 Å². The van der Waals surface area contributed by atoms with Crippen LogP contribution in [0.1, 0.15) is 39.5 Å². The van der Waals surface area contributed by atoms with Crippen LogP contribution in [-0.4, -0.2) is 29.1 Å². The number of carboxylic acid groups (broad SMARTS) is 1. The molecule has 0 saturated heterocycles. The smallest absolute Gasteiger partial charge is 0.303 e. The Morgan fingerprint density at radius 2 is 2.00 bits per heavy atom. The van der Waals surface area contributed by atoms with Gasteiger partial charge < -0.3 is 16.2 Å². The van der Waals surface area contributed by atoms with E-state index in [1.807, 2.05) is 6.92 Å². The first kappa shape index (κ1) is 13.9. The van der Waals surface area contributed by atoms with Crippen LogP contribution in [0, 0.1) is 0 Å². The molecule has 15 heavy (non-hydrogen) atoms. The van der Waals surface area contributed by atoms with E-state index in [1.54, 1.807) is 6.92 Å². The first-order valence-corrected chi connectivity index (χ1v) is 5.25. The van der Waals surface area contributed by atoms with Crippen molar-refractivity contribution in [3.8, 4) is 0 Å². The van der Waals surface area contributed by atoms with Crippen molar-refractivity contribution < 1.29 is 14.7 Å². The highest BCUT2D eigenvalue weighted by molar-refractivity contribution is 5.81. The predicted octanol–water partition coefficient (Wildman–Crippen LogP) is 0.483. The lowest BCUT2D eigenvalue weighted by Gasteiger charge is -2.16. The lowest BCUT2D eigenvalue weighted by atomic mass is 10.1. The average Bonchev–Trinajstić information content (AvgIpc) is 2.15. The monoisotopic (exact) mass is 216 g/mol. The van der Waals surface area contributed by atoms with Gasteiger partial charge in [-0.1, -0.05) is 13.3 Å². The van der Waals surface area contributed by atoms with E-state index in [4.69, 9.17) is 10.8 Å². The lowest BCUT2D eigenvalue weighted by molar-refractivity contribution is -0.137. The molecule has 0 radical (unpaired) electrons. The molecule has 0 aromatic heterocycles. The molecule has 0 fully saturated rings. The van der Waals surface area contributed by atoms with Crippen LogP contribution >= 0.6 is 0 Å². The van der Waals surface area contributed by atoms with E-state index in [0.717, 1.165) is 6.42 Å². The number of nitrogens with two attached hydrogens (primary N) is 1. The van der Waals surface area contributed by atoms with Crippen molar-refractivity contribution in [1.82, 2.24) is 5.32 Å². The van der Waals surface area contributed by atoms with Gasteiger partial charge in [-0.15, -0.1) is 0 Å². The first-order chi connectivity index (χ1) is 6.97. The minimum atomic E-state index is -0.853. The Morgan fingerprint density at radius 3 is 2.47 bits per heavy atom. The fourth-order valence-corrected chi connectivity index (χ4v) is 1.20. The van der Waals surface area contributed by atoms with E-state index in [0.29, 0.717) is 12.8 Å². The number of carbonyl (C=O) groups excluding carboxylic acids is 1. The molecule has 2 atom stereocenters. The summed E-state index contributed by atoms with van der Waals surface area (Å²) in [5.74, 6) is -1.05. The Labute approximate surface area is 90.0 Å². The topological polar surface area (TPSA) is 92.4 Å². The van der Waals surface area contributed by atoms with Crippen molar-refractivity contribution in [2.24, 2.45) is 5.73 Å². The maximum absolute atomic E-state index is 11.4. The van der Waals surface area contributed by atoms with E-state index in [9.17, 15) is 9.59 Å². The first-order valence-electron chi connectivity index (χ1n) is 5.25. The summed E-state index contributed by atoms with van der Waals surface area (Å²) in [6.07, 6.45) is 2.00. The summed E-state index contributed by atoms with van der Waals surface area (Å²) in [4.78, 5) is 21.7. The summed E-state index contributed by atoms with van der Waals surface area (Å²) >= 11 is 0. The highest BCUT2D eigenvalue weighted by Gasteiger charge is 2.14. The van der Waals surface area contributed by atoms with Gasteiger partial charge >= 0.3 is 5.97 Å². The molecule has 0 saturated carbocycles. The molecule has 0 rings (SSSR count). The molecule has 5 nitrogen and oxygen atoms in total. The predicted molar refractivity (Wildman–Crippen MR) is 57.4 cm³/mol. The molecule has 0 bridgehead atoms. The summed E-state index contributed by atoms with van der Waals surface area (Å²) < 4.78 is 0. The third-order valence-electron chi connectivity index (χ3n) is 2.12. The van der Waals surface area contributed by atoms with Crippen molar-refractivity contribution in [3.05, 3.63) is 0 Å². The quantitative estimate of drug-likeness (QED) is 0.577. The zero-order valence-corrected chi connectivity index (χ0v) is 9.32. The van der Waals surface area contributed by atoms with Crippen molar-refractivity contribution in [2.75, 3.05) is 0 Å². The van der Waals surface area contributed by atoms with Gasteiger partial charge in [0.15, 0.2) is 0 Å². The molecule has 0 aliphatic heterocycles. The van der Waals surface area contributed by atoms with Crippen molar-refractivity contribution in [2.45, 2.75) is 51.6 Å². The van der Waals surface area contributed by atoms with E-state index in [2.05, 4.69) is 5.32 Å². The second-order valence-electron chi connectivity index (χ2n) is 3.74. The van der Waals surface area contributed by atoms with Crippen LogP contribution in [0.3, 0.4) is 0 Å². The summed E-state index contributed by atoms with van der Waals surface area (Å²) in [7, 11) is 0. The number of nitrogens with one attached hydrogen (secondary N) is 1. The van der Waals surface area contributed by atoms with Gasteiger partial charge in [0.05, 0.1) is 6.04 Å². The Kier molecular flexibility index (Phi) is 6.70. The Balaban J connectivity index is 3.79. The van der Waals surface area contributed by atoms with Gasteiger partial charge in [0.25, 0.3) is 0 Å². The van der Waals surface area contributed by atoms with Gasteiger partial charge in [-0.2, -0.15) is 0 Å². The van der Waals surface area contributed by atoms with E-state index < -0.39 is 12.0 Å². The van der Waals surface area contributed by atoms with Crippen LogP contribution < -0.4 is 11.1 Å². The van der Waals surface area contributed by atoms with Crippen molar-refractivity contribution in [3.63, 3.8) is 0 Å². The molecular formula is C10H20N2O3. The zero-order chi connectivity index (χ0) is 11.8. The summed E-state index contributed by atoms with van der Waals surface area (Å²) in [5, 5.41) is 11.1. The highest BCUT2D eigenvalue weighted by atomic mass is 16.4. The third kappa shape index (κ3) is 6.90. The molecule has 0 heterocycles. The second kappa shape index (κ2) is 7.23. The molecule has 5 heteroatoms. The molecule has 0 aromatic rings. The Hall–Kier alpha value is -1.10. The summed E-state index contributed by atoms with van der Waals surface area (Å²) in [6.45, 7) is 3.74. The van der Waals surface area contributed by atoms with Gasteiger partial charge in [0.2, 0.25) is 5.91 Å². The number of hydrogen-bond acceptors (Lipinski definition) is 3. The van der Waals surface area contributed by atoms with Gasteiger partial charge in [-0.25, -0.2) is 0 Å². The number of aliphatic carboxylic acids is 1. The number of hydrogen-bond donors (Lipinski definition) is 3. The minimum absolute atomic E-state index is 0.0600. The maximum atomic E-state index is 11.4. The van der Waals surface area contributed by atoms with Gasteiger partial charge in [-0.3, -0.25) is 9.59 Å². The normalized spacial score (nSPS) is 14.3. The van der Waals surface area contributed by atoms with E-state index in [-0.39, 0.29) is 18.4 Å². The van der Waals surface area contributed by atoms with Crippen LogP contribution in [0.15, 0.2) is 0 Å². The van der Waals surface area contributed by atoms with Crippen LogP contribution in [-0.2, 0) is 9.59 Å². The molecule has 88 valence electrons. The standard InChI is InChI=1S/C10H20N2O3/c1-3-4-8(11)10(15)12-7(2)5-6-9(13)14/h7-8H,3-6,11H2,1-2H3,(H,12,15)(H,13,14). The van der Waals surface area contributed by atoms with Gasteiger partial charge in [-0.05, 0) is 19.8 Å². The number of carbonyl (C=O) groups is 2. The molecule has 0 aliphatic rings. The van der Waals surface area contributed by atoms with Gasteiger partial charge in [0.1, 0.15) is 0 Å². The molecule has 1 amide bonds. The highest BCUT2D eigenvalue weighted by Crippen LogP contribution is 1.99. The Bertz CT molecular complexity index is 219. The van der Waals surface area contributed by atoms with Gasteiger partial charge in [0, 0.05) is 12.5 Å². The van der Waals surface area contributed by atoms with Crippen molar-refractivity contribution in [1.29, 1.82) is 0 Å². The SMILES string of the molecule is CCCC(N)C(=O)NC(C)CCC(=O)O. The number of carboxylic acids is 1. The van der Waals surface area contributed by atoms with Crippen LogP contribution in [0.4, 0.5) is 0 Å².